The highest BCUT2D eigenvalue weighted by molar-refractivity contribution is 5.71. The molecule has 0 aromatic carbocycles. The van der Waals surface area contributed by atoms with E-state index in [1.54, 1.807) is 0 Å². The van der Waals surface area contributed by atoms with E-state index in [0.29, 0.717) is 6.61 Å². The molecule has 0 rings (SSSR count). The average Bonchev–Trinajstić information content (AvgIpc) is 2.11. The SMILES string of the molecule is CCCCC(C)C(=O)OCC[N+](C)(C)C. The van der Waals surface area contributed by atoms with Crippen LogP contribution in [0.2, 0.25) is 0 Å². The summed E-state index contributed by atoms with van der Waals surface area (Å²) < 4.78 is 6.05. The summed E-state index contributed by atoms with van der Waals surface area (Å²) in [6, 6.07) is 0. The van der Waals surface area contributed by atoms with Gasteiger partial charge in [0.15, 0.2) is 0 Å². The number of hydrogen-bond acceptors (Lipinski definition) is 2. The molecule has 0 saturated heterocycles. The highest BCUT2D eigenvalue weighted by Gasteiger charge is 2.15. The summed E-state index contributed by atoms with van der Waals surface area (Å²) in [7, 11) is 6.27. The standard InChI is InChI=1S/C12H26NO2/c1-6-7-8-11(2)12(14)15-10-9-13(3,4)5/h11H,6-10H2,1-5H3/q+1. The zero-order chi connectivity index (χ0) is 11.9. The molecule has 3 heteroatoms. The minimum atomic E-state index is -0.0445. The van der Waals surface area contributed by atoms with Gasteiger partial charge in [0.05, 0.1) is 27.1 Å². The first kappa shape index (κ1) is 14.4. The van der Waals surface area contributed by atoms with E-state index in [9.17, 15) is 4.79 Å². The van der Waals surface area contributed by atoms with Crippen molar-refractivity contribution in [2.75, 3.05) is 34.3 Å². The van der Waals surface area contributed by atoms with Crippen molar-refractivity contribution in [3.05, 3.63) is 0 Å². The van der Waals surface area contributed by atoms with Crippen molar-refractivity contribution < 1.29 is 14.0 Å². The van der Waals surface area contributed by atoms with Crippen molar-refractivity contribution in [3.8, 4) is 0 Å². The van der Waals surface area contributed by atoms with Gasteiger partial charge < -0.3 is 9.22 Å². The topological polar surface area (TPSA) is 26.3 Å². The number of esters is 1. The van der Waals surface area contributed by atoms with E-state index in [1.807, 2.05) is 6.92 Å². The first-order valence-corrected chi connectivity index (χ1v) is 5.84. The number of ether oxygens (including phenoxy) is 1. The molecular formula is C12H26NO2+. The lowest BCUT2D eigenvalue weighted by Gasteiger charge is -2.23. The molecule has 0 N–H and O–H groups in total. The van der Waals surface area contributed by atoms with Gasteiger partial charge in [0.25, 0.3) is 0 Å². The zero-order valence-electron chi connectivity index (χ0n) is 10.9. The molecule has 0 aliphatic carbocycles. The molecule has 0 fully saturated rings. The maximum Gasteiger partial charge on any atom is 0.308 e. The highest BCUT2D eigenvalue weighted by Crippen LogP contribution is 2.09. The lowest BCUT2D eigenvalue weighted by Crippen LogP contribution is -2.38. The molecule has 0 radical (unpaired) electrons. The second kappa shape index (κ2) is 6.83. The average molecular weight is 216 g/mol. The Bertz CT molecular complexity index is 185. The van der Waals surface area contributed by atoms with Crippen LogP contribution in [-0.4, -0.2) is 44.7 Å². The van der Waals surface area contributed by atoms with Crippen molar-refractivity contribution in [2.24, 2.45) is 5.92 Å². The number of rotatable bonds is 7. The molecule has 0 aliphatic rings. The predicted octanol–water partition coefficient (Wildman–Crippen LogP) is 2.06. The third kappa shape index (κ3) is 8.43. The Hall–Kier alpha value is -0.570. The minimum absolute atomic E-state index is 0.0445. The van der Waals surface area contributed by atoms with Crippen LogP contribution in [0.15, 0.2) is 0 Å². The molecule has 1 atom stereocenters. The smallest absolute Gasteiger partial charge is 0.308 e. The molecule has 1 unspecified atom stereocenters. The van der Waals surface area contributed by atoms with Gasteiger partial charge in [-0.2, -0.15) is 0 Å². The summed E-state index contributed by atoms with van der Waals surface area (Å²) in [6.45, 7) is 5.48. The number of carbonyl (C=O) groups excluding carboxylic acids is 1. The molecule has 90 valence electrons. The van der Waals surface area contributed by atoms with Crippen molar-refractivity contribution in [1.82, 2.24) is 0 Å². The Labute approximate surface area is 94.0 Å². The second-order valence-corrected chi connectivity index (χ2v) is 5.22. The van der Waals surface area contributed by atoms with E-state index in [1.165, 1.54) is 0 Å². The largest absolute Gasteiger partial charge is 0.459 e. The van der Waals surface area contributed by atoms with Gasteiger partial charge in [-0.1, -0.05) is 26.7 Å². The van der Waals surface area contributed by atoms with Gasteiger partial charge in [0, 0.05) is 0 Å². The Morgan fingerprint density at radius 2 is 1.93 bits per heavy atom. The van der Waals surface area contributed by atoms with Crippen LogP contribution in [0.5, 0.6) is 0 Å². The lowest BCUT2D eigenvalue weighted by molar-refractivity contribution is -0.870. The number of quaternary nitrogens is 1. The molecule has 0 saturated carbocycles. The summed E-state index contributed by atoms with van der Waals surface area (Å²) in [4.78, 5) is 11.5. The molecule has 0 aliphatic heterocycles. The Morgan fingerprint density at radius 3 is 2.40 bits per heavy atom. The quantitative estimate of drug-likeness (QED) is 0.481. The zero-order valence-corrected chi connectivity index (χ0v) is 10.9. The number of carbonyl (C=O) groups is 1. The normalized spacial score (nSPS) is 13.7. The highest BCUT2D eigenvalue weighted by atomic mass is 16.5. The maximum atomic E-state index is 11.5. The van der Waals surface area contributed by atoms with Gasteiger partial charge >= 0.3 is 5.97 Å². The van der Waals surface area contributed by atoms with Crippen LogP contribution in [-0.2, 0) is 9.53 Å². The Morgan fingerprint density at radius 1 is 1.33 bits per heavy atom. The van der Waals surface area contributed by atoms with E-state index in [4.69, 9.17) is 4.74 Å². The van der Waals surface area contributed by atoms with Crippen LogP contribution in [0.25, 0.3) is 0 Å². The second-order valence-electron chi connectivity index (χ2n) is 5.22. The fourth-order valence-corrected chi connectivity index (χ4v) is 1.19. The number of likely N-dealkylation sites (N-methyl/N-ethyl adjacent to an activating group) is 1. The molecule has 0 amide bonds. The monoisotopic (exact) mass is 216 g/mol. The van der Waals surface area contributed by atoms with Crippen LogP contribution in [0.4, 0.5) is 0 Å². The Balaban J connectivity index is 3.64. The van der Waals surface area contributed by atoms with Crippen molar-refractivity contribution in [2.45, 2.75) is 33.1 Å². The third-order valence-electron chi connectivity index (χ3n) is 2.40. The maximum absolute atomic E-state index is 11.5. The predicted molar refractivity (Wildman–Crippen MR) is 62.5 cm³/mol. The molecular weight excluding hydrogens is 190 g/mol. The summed E-state index contributed by atoms with van der Waals surface area (Å²) in [5.41, 5.74) is 0. The van der Waals surface area contributed by atoms with Gasteiger partial charge in [-0.25, -0.2) is 0 Å². The van der Waals surface area contributed by atoms with Crippen LogP contribution in [0, 0.1) is 5.92 Å². The van der Waals surface area contributed by atoms with Crippen LogP contribution >= 0.6 is 0 Å². The van der Waals surface area contributed by atoms with E-state index in [-0.39, 0.29) is 11.9 Å². The molecule has 0 bridgehead atoms. The van der Waals surface area contributed by atoms with Crippen LogP contribution < -0.4 is 0 Å². The van der Waals surface area contributed by atoms with Gasteiger partial charge in [-0.3, -0.25) is 4.79 Å². The molecule has 3 nitrogen and oxygen atoms in total. The lowest BCUT2D eigenvalue weighted by atomic mass is 10.1. The van der Waals surface area contributed by atoms with Gasteiger partial charge in [0.1, 0.15) is 13.2 Å². The van der Waals surface area contributed by atoms with Crippen molar-refractivity contribution in [3.63, 3.8) is 0 Å². The summed E-state index contributed by atoms with van der Waals surface area (Å²) >= 11 is 0. The van der Waals surface area contributed by atoms with Crippen molar-refractivity contribution in [1.29, 1.82) is 0 Å². The van der Waals surface area contributed by atoms with Crippen LogP contribution in [0.3, 0.4) is 0 Å². The number of unbranched alkanes of at least 4 members (excludes halogenated alkanes) is 1. The van der Waals surface area contributed by atoms with Crippen molar-refractivity contribution >= 4 is 5.97 Å². The molecule has 0 spiro atoms. The molecule has 0 aromatic rings. The third-order valence-corrected chi connectivity index (χ3v) is 2.40. The Kier molecular flexibility index (Phi) is 6.57. The fourth-order valence-electron chi connectivity index (χ4n) is 1.19. The van der Waals surface area contributed by atoms with E-state index >= 15 is 0 Å². The minimum Gasteiger partial charge on any atom is -0.459 e. The molecule has 0 aromatic heterocycles. The first-order chi connectivity index (χ1) is 6.87. The molecule has 0 heterocycles. The fraction of sp³-hybridized carbons (Fsp3) is 0.917. The summed E-state index contributed by atoms with van der Waals surface area (Å²) in [5, 5.41) is 0. The number of hydrogen-bond donors (Lipinski definition) is 0. The first-order valence-electron chi connectivity index (χ1n) is 5.84. The van der Waals surface area contributed by atoms with Gasteiger partial charge in [0.2, 0.25) is 0 Å². The molecule has 15 heavy (non-hydrogen) atoms. The summed E-state index contributed by atoms with van der Waals surface area (Å²) in [6.07, 6.45) is 3.18. The number of nitrogens with zero attached hydrogens (tertiary/aromatic N) is 1. The van der Waals surface area contributed by atoms with E-state index in [2.05, 4.69) is 28.1 Å². The van der Waals surface area contributed by atoms with Crippen LogP contribution in [0.1, 0.15) is 33.1 Å². The van der Waals surface area contributed by atoms with E-state index in [0.717, 1.165) is 30.3 Å². The van der Waals surface area contributed by atoms with Gasteiger partial charge in [-0.15, -0.1) is 0 Å². The summed E-state index contributed by atoms with van der Waals surface area (Å²) in [5.74, 6) is 0.00863. The van der Waals surface area contributed by atoms with Gasteiger partial charge in [-0.05, 0) is 6.42 Å². The van der Waals surface area contributed by atoms with E-state index < -0.39 is 0 Å².